The zero-order valence-corrected chi connectivity index (χ0v) is 8.05. The van der Waals surface area contributed by atoms with Crippen LogP contribution >= 0.6 is 0 Å². The van der Waals surface area contributed by atoms with E-state index in [-0.39, 0.29) is 0 Å². The van der Waals surface area contributed by atoms with Crippen molar-refractivity contribution in [3.63, 3.8) is 0 Å². The van der Waals surface area contributed by atoms with Crippen molar-refractivity contribution in [2.24, 2.45) is 0 Å². The minimum absolute atomic E-state index is 1.05. The number of imidazole rings is 2. The molecule has 0 radical (unpaired) electrons. The van der Waals surface area contributed by atoms with Crippen LogP contribution in [0, 0.1) is 13.8 Å². The zero-order chi connectivity index (χ0) is 9.14. The quantitative estimate of drug-likeness (QED) is 0.638. The van der Waals surface area contributed by atoms with E-state index in [1.807, 2.05) is 44.6 Å². The molecule has 0 aliphatic carbocycles. The molecule has 2 aromatic rings. The highest BCUT2D eigenvalue weighted by atomic mass is 15.1. The maximum atomic E-state index is 4.15. The van der Waals surface area contributed by atoms with E-state index < -0.39 is 0 Å². The summed E-state index contributed by atoms with van der Waals surface area (Å²) in [5, 5.41) is 0. The summed E-state index contributed by atoms with van der Waals surface area (Å²) in [6, 6.07) is 0. The number of hydrogen-bond acceptors (Lipinski definition) is 1. The molecule has 0 aliphatic heterocycles. The second-order valence-electron chi connectivity index (χ2n) is 2.48. The van der Waals surface area contributed by atoms with Crippen molar-refractivity contribution in [2.45, 2.75) is 27.7 Å². The Morgan fingerprint density at radius 3 is 2.58 bits per heavy atom. The summed E-state index contributed by atoms with van der Waals surface area (Å²) in [7, 11) is 0. The number of nitrogens with zero attached hydrogens (tertiary/aromatic N) is 2. The second-order valence-corrected chi connectivity index (χ2v) is 2.48. The molecule has 0 amide bonds. The number of hydrogen-bond donors (Lipinski definition) is 1. The van der Waals surface area contributed by atoms with Crippen molar-refractivity contribution in [3.05, 3.63) is 23.9 Å². The Bertz CT molecular complexity index is 321. The number of fused-ring (bicyclic) bond motifs is 1. The van der Waals surface area contributed by atoms with Crippen LogP contribution in [0.3, 0.4) is 0 Å². The van der Waals surface area contributed by atoms with Gasteiger partial charge in [-0.2, -0.15) is 0 Å². The minimum Gasteiger partial charge on any atom is -0.344 e. The van der Waals surface area contributed by atoms with Gasteiger partial charge in [0.1, 0.15) is 12.0 Å². The average molecular weight is 165 g/mol. The van der Waals surface area contributed by atoms with Gasteiger partial charge in [0.2, 0.25) is 0 Å². The number of nitrogens with one attached hydrogen (secondary N) is 1. The first-order chi connectivity index (χ1) is 5.79. The van der Waals surface area contributed by atoms with E-state index in [2.05, 4.69) is 9.97 Å². The summed E-state index contributed by atoms with van der Waals surface area (Å²) in [4.78, 5) is 7.28. The molecule has 0 bridgehead atoms. The van der Waals surface area contributed by atoms with Crippen molar-refractivity contribution in [1.82, 2.24) is 14.4 Å². The first-order valence-corrected chi connectivity index (χ1v) is 4.26. The highest BCUT2D eigenvalue weighted by Crippen LogP contribution is 2.07. The fourth-order valence-corrected chi connectivity index (χ4v) is 1.12. The number of H-pyrrole nitrogens is 1. The van der Waals surface area contributed by atoms with Gasteiger partial charge in [-0.15, -0.1) is 0 Å². The normalized spacial score (nSPS) is 9.67. The van der Waals surface area contributed by atoms with Gasteiger partial charge >= 0.3 is 0 Å². The molecule has 66 valence electrons. The van der Waals surface area contributed by atoms with Crippen molar-refractivity contribution < 1.29 is 0 Å². The SMILES string of the molecule is CC.Cc1ncn2c(C)c[nH]c12. The lowest BCUT2D eigenvalue weighted by atomic mass is 10.5. The lowest BCUT2D eigenvalue weighted by Gasteiger charge is -1.83. The molecular formula is C9H15N3. The van der Waals surface area contributed by atoms with Crippen LogP contribution in [0.5, 0.6) is 0 Å². The predicted molar refractivity (Wildman–Crippen MR) is 50.4 cm³/mol. The number of aryl methyl sites for hydroxylation is 2. The molecule has 0 atom stereocenters. The summed E-state index contributed by atoms with van der Waals surface area (Å²) >= 11 is 0. The van der Waals surface area contributed by atoms with E-state index in [0.717, 1.165) is 11.3 Å². The Morgan fingerprint density at radius 1 is 1.33 bits per heavy atom. The molecule has 0 spiro atoms. The van der Waals surface area contributed by atoms with Gasteiger partial charge in [0.25, 0.3) is 0 Å². The maximum Gasteiger partial charge on any atom is 0.137 e. The van der Waals surface area contributed by atoms with Gasteiger partial charge in [-0.05, 0) is 13.8 Å². The molecule has 2 aromatic heterocycles. The van der Waals surface area contributed by atoms with E-state index in [4.69, 9.17) is 0 Å². The topological polar surface area (TPSA) is 33.1 Å². The largest absolute Gasteiger partial charge is 0.344 e. The van der Waals surface area contributed by atoms with Gasteiger partial charge in [0, 0.05) is 11.9 Å². The van der Waals surface area contributed by atoms with Gasteiger partial charge < -0.3 is 4.98 Å². The number of rotatable bonds is 0. The Balaban J connectivity index is 0.000000336. The highest BCUT2D eigenvalue weighted by molar-refractivity contribution is 5.44. The third kappa shape index (κ3) is 1.22. The Morgan fingerprint density at radius 2 is 2.00 bits per heavy atom. The molecule has 12 heavy (non-hydrogen) atoms. The van der Waals surface area contributed by atoms with Crippen LogP contribution in [0.2, 0.25) is 0 Å². The van der Waals surface area contributed by atoms with E-state index in [0.29, 0.717) is 0 Å². The van der Waals surface area contributed by atoms with Gasteiger partial charge in [-0.3, -0.25) is 4.40 Å². The fraction of sp³-hybridized carbons (Fsp3) is 0.444. The molecule has 2 rings (SSSR count). The average Bonchev–Trinajstić information content (AvgIpc) is 2.62. The molecule has 0 unspecified atom stereocenters. The summed E-state index contributed by atoms with van der Waals surface area (Å²) in [5.74, 6) is 0. The lowest BCUT2D eigenvalue weighted by molar-refractivity contribution is 1.10. The second kappa shape index (κ2) is 3.43. The minimum atomic E-state index is 1.05. The van der Waals surface area contributed by atoms with Gasteiger partial charge in [-0.25, -0.2) is 4.98 Å². The van der Waals surface area contributed by atoms with Crippen molar-refractivity contribution in [2.75, 3.05) is 0 Å². The van der Waals surface area contributed by atoms with Gasteiger partial charge in [-0.1, -0.05) is 13.8 Å². The molecule has 3 nitrogen and oxygen atoms in total. The molecule has 0 aliphatic rings. The summed E-state index contributed by atoms with van der Waals surface area (Å²) in [5.41, 5.74) is 3.33. The Kier molecular flexibility index (Phi) is 2.53. The predicted octanol–water partition coefficient (Wildman–Crippen LogP) is 2.31. The monoisotopic (exact) mass is 165 g/mol. The number of aromatic amines is 1. The van der Waals surface area contributed by atoms with Crippen LogP contribution in [-0.2, 0) is 0 Å². The van der Waals surface area contributed by atoms with Crippen LogP contribution in [0.4, 0.5) is 0 Å². The lowest BCUT2D eigenvalue weighted by Crippen LogP contribution is -1.78. The molecule has 0 fully saturated rings. The van der Waals surface area contributed by atoms with Gasteiger partial charge in [0.15, 0.2) is 0 Å². The van der Waals surface area contributed by atoms with Crippen LogP contribution < -0.4 is 0 Å². The van der Waals surface area contributed by atoms with Gasteiger partial charge in [0.05, 0.1) is 5.69 Å². The first-order valence-electron chi connectivity index (χ1n) is 4.26. The standard InChI is InChI=1S/C7H9N3.C2H6/c1-5-3-8-7-6(2)9-4-10(5)7;1-2/h3-4,8H,1-2H3;1-2H3. The first kappa shape index (κ1) is 8.84. The van der Waals surface area contributed by atoms with Crippen LogP contribution in [0.1, 0.15) is 25.2 Å². The maximum absolute atomic E-state index is 4.15. The molecule has 3 heteroatoms. The molecular weight excluding hydrogens is 150 g/mol. The zero-order valence-electron chi connectivity index (χ0n) is 8.05. The van der Waals surface area contributed by atoms with Crippen LogP contribution in [0.15, 0.2) is 12.5 Å². The molecule has 2 heterocycles. The van der Waals surface area contributed by atoms with Crippen molar-refractivity contribution in [1.29, 1.82) is 0 Å². The Hall–Kier alpha value is -1.25. The summed E-state index contributed by atoms with van der Waals surface area (Å²) in [6.45, 7) is 8.04. The Labute approximate surface area is 72.4 Å². The number of aromatic nitrogens is 3. The molecule has 0 aromatic carbocycles. The van der Waals surface area contributed by atoms with Crippen molar-refractivity contribution in [3.8, 4) is 0 Å². The van der Waals surface area contributed by atoms with E-state index in [1.54, 1.807) is 0 Å². The van der Waals surface area contributed by atoms with E-state index in [1.165, 1.54) is 5.69 Å². The van der Waals surface area contributed by atoms with Crippen molar-refractivity contribution >= 4 is 5.65 Å². The highest BCUT2D eigenvalue weighted by Gasteiger charge is 2.00. The third-order valence-corrected chi connectivity index (χ3v) is 1.75. The fourth-order valence-electron chi connectivity index (χ4n) is 1.12. The summed E-state index contributed by atoms with van der Waals surface area (Å²) in [6.07, 6.45) is 3.81. The smallest absolute Gasteiger partial charge is 0.137 e. The van der Waals surface area contributed by atoms with Crippen LogP contribution in [-0.4, -0.2) is 14.4 Å². The summed E-state index contributed by atoms with van der Waals surface area (Å²) < 4.78 is 2.04. The van der Waals surface area contributed by atoms with E-state index >= 15 is 0 Å². The molecule has 0 saturated heterocycles. The molecule has 1 N–H and O–H groups in total. The molecule has 0 saturated carbocycles. The van der Waals surface area contributed by atoms with Crippen LogP contribution in [0.25, 0.3) is 5.65 Å². The third-order valence-electron chi connectivity index (χ3n) is 1.75. The van der Waals surface area contributed by atoms with E-state index in [9.17, 15) is 0 Å².